The highest BCUT2D eigenvalue weighted by Crippen LogP contribution is 2.18. The molecule has 2 rings (SSSR count). The lowest BCUT2D eigenvalue weighted by Gasteiger charge is -2.26. The van der Waals surface area contributed by atoms with E-state index in [1.54, 1.807) is 0 Å². The summed E-state index contributed by atoms with van der Waals surface area (Å²) in [6.45, 7) is 5.04. The average Bonchev–Trinajstić information content (AvgIpc) is 2.86. The molecular formula is C17H29N3O. The lowest BCUT2D eigenvalue weighted by molar-refractivity contribution is 0.172. The van der Waals surface area contributed by atoms with Crippen molar-refractivity contribution in [3.05, 3.63) is 29.8 Å². The van der Waals surface area contributed by atoms with Gasteiger partial charge in [0.05, 0.1) is 0 Å². The maximum absolute atomic E-state index is 5.93. The summed E-state index contributed by atoms with van der Waals surface area (Å²) in [7, 11) is 6.27. The Hall–Kier alpha value is -1.10. The van der Waals surface area contributed by atoms with Crippen molar-refractivity contribution in [2.75, 3.05) is 47.4 Å². The standard InChI is InChI=1S/C17H29N3O/c1-18-13-15-6-4-8-17(12-15)21-11-10-20-9-5-7-16(20)14-19(2)3/h4,6,8,12,16,18H,5,7,9-11,13-14H2,1-3H3. The van der Waals surface area contributed by atoms with Crippen LogP contribution in [0.2, 0.25) is 0 Å². The molecule has 0 aromatic heterocycles. The van der Waals surface area contributed by atoms with Gasteiger partial charge >= 0.3 is 0 Å². The van der Waals surface area contributed by atoms with Gasteiger partial charge in [-0.25, -0.2) is 0 Å². The Morgan fingerprint density at radius 2 is 2.24 bits per heavy atom. The summed E-state index contributed by atoms with van der Waals surface area (Å²) in [6, 6.07) is 9.04. The highest BCUT2D eigenvalue weighted by molar-refractivity contribution is 5.28. The molecule has 1 aliphatic heterocycles. The van der Waals surface area contributed by atoms with Gasteiger partial charge in [-0.05, 0) is 58.2 Å². The van der Waals surface area contributed by atoms with Crippen molar-refractivity contribution in [2.45, 2.75) is 25.4 Å². The van der Waals surface area contributed by atoms with E-state index < -0.39 is 0 Å². The molecule has 0 saturated carbocycles. The first-order valence-electron chi connectivity index (χ1n) is 7.94. The number of likely N-dealkylation sites (N-methyl/N-ethyl adjacent to an activating group) is 1. The molecule has 1 saturated heterocycles. The normalized spacial score (nSPS) is 19.3. The lowest BCUT2D eigenvalue weighted by atomic mass is 10.2. The van der Waals surface area contributed by atoms with Gasteiger partial charge in [0.15, 0.2) is 0 Å². The van der Waals surface area contributed by atoms with Crippen molar-refractivity contribution in [3.8, 4) is 5.75 Å². The zero-order valence-corrected chi connectivity index (χ0v) is 13.6. The molecule has 1 atom stereocenters. The molecule has 1 N–H and O–H groups in total. The number of hydrogen-bond acceptors (Lipinski definition) is 4. The topological polar surface area (TPSA) is 27.7 Å². The van der Waals surface area contributed by atoms with Crippen LogP contribution in [0, 0.1) is 0 Å². The number of benzene rings is 1. The van der Waals surface area contributed by atoms with Gasteiger partial charge in [-0.1, -0.05) is 12.1 Å². The molecule has 4 heteroatoms. The first kappa shape index (κ1) is 16.3. The molecule has 1 aromatic rings. The summed E-state index contributed by atoms with van der Waals surface area (Å²) in [5.74, 6) is 0.978. The molecule has 1 fully saturated rings. The molecule has 21 heavy (non-hydrogen) atoms. The number of hydrogen-bond donors (Lipinski definition) is 1. The molecule has 0 bridgehead atoms. The van der Waals surface area contributed by atoms with Crippen LogP contribution in [0.5, 0.6) is 5.75 Å². The summed E-state index contributed by atoms with van der Waals surface area (Å²) in [4.78, 5) is 4.85. The van der Waals surface area contributed by atoms with Gasteiger partial charge in [-0.15, -0.1) is 0 Å². The van der Waals surface area contributed by atoms with Crippen LogP contribution in [0.3, 0.4) is 0 Å². The summed E-state index contributed by atoms with van der Waals surface area (Å²) < 4.78 is 5.93. The van der Waals surface area contributed by atoms with Crippen LogP contribution >= 0.6 is 0 Å². The van der Waals surface area contributed by atoms with E-state index in [1.807, 2.05) is 13.1 Å². The van der Waals surface area contributed by atoms with Crippen LogP contribution in [-0.4, -0.2) is 63.2 Å². The van der Waals surface area contributed by atoms with Crippen LogP contribution in [0.1, 0.15) is 18.4 Å². The summed E-state index contributed by atoms with van der Waals surface area (Å²) in [5, 5.41) is 3.17. The van der Waals surface area contributed by atoms with Gasteiger partial charge in [-0.3, -0.25) is 4.90 Å². The number of nitrogens with one attached hydrogen (secondary N) is 1. The van der Waals surface area contributed by atoms with E-state index in [4.69, 9.17) is 4.74 Å². The van der Waals surface area contributed by atoms with Gasteiger partial charge in [0.2, 0.25) is 0 Å². The molecule has 1 aliphatic rings. The largest absolute Gasteiger partial charge is 0.492 e. The Kier molecular flexibility index (Phi) is 6.49. The SMILES string of the molecule is CNCc1cccc(OCCN2CCCC2CN(C)C)c1. The Bertz CT molecular complexity index is 422. The molecule has 0 radical (unpaired) electrons. The molecule has 4 nitrogen and oxygen atoms in total. The van der Waals surface area contributed by atoms with Crippen LogP contribution in [-0.2, 0) is 6.54 Å². The van der Waals surface area contributed by atoms with Crippen LogP contribution in [0.25, 0.3) is 0 Å². The van der Waals surface area contributed by atoms with Crippen LogP contribution in [0.15, 0.2) is 24.3 Å². The van der Waals surface area contributed by atoms with E-state index >= 15 is 0 Å². The Morgan fingerprint density at radius 3 is 3.00 bits per heavy atom. The first-order valence-corrected chi connectivity index (χ1v) is 7.94. The highest BCUT2D eigenvalue weighted by Gasteiger charge is 2.24. The van der Waals surface area contributed by atoms with Crippen molar-refractivity contribution >= 4 is 0 Å². The molecule has 1 unspecified atom stereocenters. The Morgan fingerprint density at radius 1 is 1.38 bits per heavy atom. The first-order chi connectivity index (χ1) is 10.2. The van der Waals surface area contributed by atoms with E-state index in [1.165, 1.54) is 24.9 Å². The molecule has 1 aromatic carbocycles. The molecule has 1 heterocycles. The van der Waals surface area contributed by atoms with Crippen molar-refractivity contribution in [1.29, 1.82) is 0 Å². The third-order valence-corrected chi connectivity index (χ3v) is 4.00. The minimum absolute atomic E-state index is 0.694. The molecule has 0 aliphatic carbocycles. The lowest BCUT2D eigenvalue weighted by Crippen LogP contribution is -2.39. The fraction of sp³-hybridized carbons (Fsp3) is 0.647. The predicted octanol–water partition coefficient (Wildman–Crippen LogP) is 1.81. The van der Waals surface area contributed by atoms with E-state index in [9.17, 15) is 0 Å². The second kappa shape index (κ2) is 8.37. The second-order valence-electron chi connectivity index (χ2n) is 6.12. The van der Waals surface area contributed by atoms with Crippen molar-refractivity contribution in [1.82, 2.24) is 15.1 Å². The van der Waals surface area contributed by atoms with Crippen molar-refractivity contribution in [3.63, 3.8) is 0 Å². The zero-order chi connectivity index (χ0) is 15.1. The van der Waals surface area contributed by atoms with E-state index in [-0.39, 0.29) is 0 Å². The number of rotatable bonds is 8. The summed E-state index contributed by atoms with van der Waals surface area (Å²) in [5.41, 5.74) is 1.27. The maximum atomic E-state index is 5.93. The second-order valence-corrected chi connectivity index (χ2v) is 6.12. The third kappa shape index (κ3) is 5.30. The quantitative estimate of drug-likeness (QED) is 0.790. The molecule has 0 amide bonds. The zero-order valence-electron chi connectivity index (χ0n) is 13.6. The molecule has 118 valence electrons. The van der Waals surface area contributed by atoms with Crippen LogP contribution < -0.4 is 10.1 Å². The summed E-state index contributed by atoms with van der Waals surface area (Å²) in [6.07, 6.45) is 2.63. The van der Waals surface area contributed by atoms with Gasteiger partial charge in [0, 0.05) is 25.7 Å². The van der Waals surface area contributed by atoms with Gasteiger partial charge in [0.1, 0.15) is 12.4 Å². The maximum Gasteiger partial charge on any atom is 0.119 e. The fourth-order valence-electron chi connectivity index (χ4n) is 3.05. The average molecular weight is 291 g/mol. The number of likely N-dealkylation sites (tertiary alicyclic amines) is 1. The van der Waals surface area contributed by atoms with E-state index in [2.05, 4.69) is 47.4 Å². The van der Waals surface area contributed by atoms with Gasteiger partial charge in [0.25, 0.3) is 0 Å². The minimum atomic E-state index is 0.694. The monoisotopic (exact) mass is 291 g/mol. The van der Waals surface area contributed by atoms with Crippen molar-refractivity contribution < 1.29 is 4.74 Å². The molecule has 0 spiro atoms. The minimum Gasteiger partial charge on any atom is -0.492 e. The predicted molar refractivity (Wildman–Crippen MR) is 87.8 cm³/mol. The Balaban J connectivity index is 1.77. The van der Waals surface area contributed by atoms with E-state index in [0.29, 0.717) is 6.04 Å². The van der Waals surface area contributed by atoms with E-state index in [0.717, 1.165) is 32.0 Å². The van der Waals surface area contributed by atoms with Crippen LogP contribution in [0.4, 0.5) is 0 Å². The smallest absolute Gasteiger partial charge is 0.119 e. The summed E-state index contributed by atoms with van der Waals surface area (Å²) >= 11 is 0. The number of nitrogens with zero attached hydrogens (tertiary/aromatic N) is 2. The number of ether oxygens (including phenoxy) is 1. The van der Waals surface area contributed by atoms with Gasteiger partial charge in [-0.2, -0.15) is 0 Å². The Labute approximate surface area is 129 Å². The highest BCUT2D eigenvalue weighted by atomic mass is 16.5. The third-order valence-electron chi connectivity index (χ3n) is 4.00. The fourth-order valence-corrected chi connectivity index (χ4v) is 3.05. The van der Waals surface area contributed by atoms with Crippen molar-refractivity contribution in [2.24, 2.45) is 0 Å². The van der Waals surface area contributed by atoms with Gasteiger partial charge < -0.3 is 15.0 Å². The molecular weight excluding hydrogens is 262 g/mol.